The quantitative estimate of drug-likeness (QED) is 0.713. The van der Waals surface area contributed by atoms with Crippen LogP contribution in [0.3, 0.4) is 0 Å². The maximum atomic E-state index is 11.8. The van der Waals surface area contributed by atoms with Gasteiger partial charge in [0.15, 0.2) is 5.76 Å². The molecule has 1 saturated heterocycles. The second-order valence-electron chi connectivity index (χ2n) is 4.09. The molecule has 0 saturated carbocycles. The highest BCUT2D eigenvalue weighted by molar-refractivity contribution is 5.94. The van der Waals surface area contributed by atoms with Crippen LogP contribution < -0.4 is 0 Å². The van der Waals surface area contributed by atoms with Crippen LogP contribution in [-0.4, -0.2) is 30.3 Å². The van der Waals surface area contributed by atoms with Crippen LogP contribution in [0.4, 0.5) is 0 Å². The minimum atomic E-state index is 0.0990. The van der Waals surface area contributed by atoms with Gasteiger partial charge < -0.3 is 4.42 Å². The van der Waals surface area contributed by atoms with Crippen LogP contribution in [0.1, 0.15) is 36.2 Å². The molecule has 1 aliphatic heterocycles. The number of ketones is 1. The lowest BCUT2D eigenvalue weighted by atomic mass is 10.2. The molecule has 3 nitrogen and oxygen atoms in total. The zero-order valence-electron chi connectivity index (χ0n) is 8.95. The van der Waals surface area contributed by atoms with Crippen LogP contribution >= 0.6 is 0 Å². The van der Waals surface area contributed by atoms with Crippen LogP contribution in [-0.2, 0) is 0 Å². The second kappa shape index (κ2) is 5.12. The maximum Gasteiger partial charge on any atom is 0.211 e. The van der Waals surface area contributed by atoms with Crippen molar-refractivity contribution in [3.8, 4) is 0 Å². The average molecular weight is 207 g/mol. The molecule has 0 atom stereocenters. The summed E-state index contributed by atoms with van der Waals surface area (Å²) >= 11 is 0. The molecule has 0 unspecified atom stereocenters. The molecule has 3 heteroatoms. The van der Waals surface area contributed by atoms with E-state index in [0.717, 1.165) is 13.1 Å². The molecule has 82 valence electrons. The first-order valence-corrected chi connectivity index (χ1v) is 5.65. The molecule has 15 heavy (non-hydrogen) atoms. The van der Waals surface area contributed by atoms with Gasteiger partial charge in [0, 0.05) is 0 Å². The van der Waals surface area contributed by atoms with E-state index < -0.39 is 0 Å². The molecule has 1 aliphatic rings. The van der Waals surface area contributed by atoms with Gasteiger partial charge in [-0.25, -0.2) is 0 Å². The van der Waals surface area contributed by atoms with Gasteiger partial charge in [0.25, 0.3) is 0 Å². The lowest BCUT2D eigenvalue weighted by Crippen LogP contribution is -2.30. The van der Waals surface area contributed by atoms with Gasteiger partial charge in [-0.3, -0.25) is 9.69 Å². The summed E-state index contributed by atoms with van der Waals surface area (Å²) in [6.07, 6.45) is 6.57. The standard InChI is InChI=1S/C12H17NO2/c14-11(12-6-5-9-15-12)10-13-7-3-1-2-4-8-13/h5-6,9H,1-4,7-8,10H2. The van der Waals surface area contributed by atoms with Crippen LogP contribution in [0.15, 0.2) is 22.8 Å². The summed E-state index contributed by atoms with van der Waals surface area (Å²) in [5, 5.41) is 0. The van der Waals surface area contributed by atoms with E-state index in [1.54, 1.807) is 18.4 Å². The Balaban J connectivity index is 1.87. The number of rotatable bonds is 3. The van der Waals surface area contributed by atoms with Gasteiger partial charge in [0.1, 0.15) is 0 Å². The van der Waals surface area contributed by atoms with E-state index in [-0.39, 0.29) is 5.78 Å². The zero-order valence-corrected chi connectivity index (χ0v) is 8.95. The Morgan fingerprint density at radius 3 is 2.60 bits per heavy atom. The van der Waals surface area contributed by atoms with Crippen molar-refractivity contribution >= 4 is 5.78 Å². The van der Waals surface area contributed by atoms with Gasteiger partial charge >= 0.3 is 0 Å². The fourth-order valence-electron chi connectivity index (χ4n) is 2.01. The van der Waals surface area contributed by atoms with Crippen molar-refractivity contribution in [2.45, 2.75) is 25.7 Å². The van der Waals surface area contributed by atoms with Crippen molar-refractivity contribution in [1.29, 1.82) is 0 Å². The van der Waals surface area contributed by atoms with Crippen molar-refractivity contribution < 1.29 is 9.21 Å². The lowest BCUT2D eigenvalue weighted by molar-refractivity contribution is 0.0905. The predicted molar refractivity (Wildman–Crippen MR) is 57.9 cm³/mol. The number of furan rings is 1. The maximum absolute atomic E-state index is 11.8. The third kappa shape index (κ3) is 2.93. The fraction of sp³-hybridized carbons (Fsp3) is 0.583. The van der Waals surface area contributed by atoms with Crippen molar-refractivity contribution in [1.82, 2.24) is 4.90 Å². The molecule has 0 aliphatic carbocycles. The van der Waals surface area contributed by atoms with Crippen LogP contribution in [0, 0.1) is 0 Å². The molecule has 0 N–H and O–H groups in total. The topological polar surface area (TPSA) is 33.5 Å². The molecule has 0 amide bonds. The van der Waals surface area contributed by atoms with Gasteiger partial charge in [-0.2, -0.15) is 0 Å². The highest BCUT2D eigenvalue weighted by atomic mass is 16.3. The van der Waals surface area contributed by atoms with Crippen molar-refractivity contribution in [3.63, 3.8) is 0 Å². The van der Waals surface area contributed by atoms with E-state index in [1.807, 2.05) is 0 Å². The summed E-state index contributed by atoms with van der Waals surface area (Å²) in [4.78, 5) is 14.0. The molecule has 0 aromatic carbocycles. The van der Waals surface area contributed by atoms with Gasteiger partial charge in [-0.05, 0) is 38.1 Å². The predicted octanol–water partition coefficient (Wildman–Crippen LogP) is 2.34. The number of likely N-dealkylation sites (tertiary alicyclic amines) is 1. The van der Waals surface area contributed by atoms with E-state index in [4.69, 9.17) is 4.42 Å². The minimum absolute atomic E-state index is 0.0990. The first-order chi connectivity index (χ1) is 7.36. The first-order valence-electron chi connectivity index (χ1n) is 5.65. The second-order valence-corrected chi connectivity index (χ2v) is 4.09. The summed E-state index contributed by atoms with van der Waals surface area (Å²) in [5.41, 5.74) is 0. The van der Waals surface area contributed by atoms with Gasteiger partial charge in [0.2, 0.25) is 5.78 Å². The monoisotopic (exact) mass is 207 g/mol. The van der Waals surface area contributed by atoms with Gasteiger partial charge in [-0.1, -0.05) is 12.8 Å². The Bertz CT molecular complexity index is 297. The molecule has 1 fully saturated rings. The van der Waals surface area contributed by atoms with Gasteiger partial charge in [-0.15, -0.1) is 0 Å². The lowest BCUT2D eigenvalue weighted by Gasteiger charge is -2.17. The first kappa shape index (κ1) is 10.4. The molecule has 2 rings (SSSR count). The van der Waals surface area contributed by atoms with E-state index in [0.29, 0.717) is 12.3 Å². The third-order valence-corrected chi connectivity index (χ3v) is 2.86. The highest BCUT2D eigenvalue weighted by Crippen LogP contribution is 2.10. The summed E-state index contributed by atoms with van der Waals surface area (Å²) in [7, 11) is 0. The number of hydrogen-bond donors (Lipinski definition) is 0. The molecule has 0 spiro atoms. The number of nitrogens with zero attached hydrogens (tertiary/aromatic N) is 1. The van der Waals surface area contributed by atoms with Crippen molar-refractivity contribution in [2.24, 2.45) is 0 Å². The summed E-state index contributed by atoms with van der Waals surface area (Å²) < 4.78 is 5.09. The van der Waals surface area contributed by atoms with Crippen molar-refractivity contribution in [3.05, 3.63) is 24.2 Å². The van der Waals surface area contributed by atoms with Crippen molar-refractivity contribution in [2.75, 3.05) is 19.6 Å². The Kier molecular flexibility index (Phi) is 3.56. The smallest absolute Gasteiger partial charge is 0.211 e. The molecule has 0 bridgehead atoms. The van der Waals surface area contributed by atoms with Crippen LogP contribution in [0.25, 0.3) is 0 Å². The SMILES string of the molecule is O=C(CN1CCCCCC1)c1ccco1. The summed E-state index contributed by atoms with van der Waals surface area (Å²) in [6, 6.07) is 3.50. The Hall–Kier alpha value is -1.09. The van der Waals surface area contributed by atoms with E-state index in [9.17, 15) is 4.79 Å². The Labute approximate surface area is 90.1 Å². The highest BCUT2D eigenvalue weighted by Gasteiger charge is 2.15. The molecular weight excluding hydrogens is 190 g/mol. The number of carbonyl (C=O) groups is 1. The minimum Gasteiger partial charge on any atom is -0.461 e. The Morgan fingerprint density at radius 2 is 2.00 bits per heavy atom. The molecule has 1 aromatic rings. The number of Topliss-reactive ketones (excluding diaryl/α,β-unsaturated/α-hetero) is 1. The number of carbonyl (C=O) groups excluding carboxylic acids is 1. The summed E-state index contributed by atoms with van der Waals surface area (Å²) in [6.45, 7) is 2.60. The Morgan fingerprint density at radius 1 is 1.27 bits per heavy atom. The van der Waals surface area contributed by atoms with Crippen LogP contribution in [0.5, 0.6) is 0 Å². The molecule has 0 radical (unpaired) electrons. The number of hydrogen-bond acceptors (Lipinski definition) is 3. The summed E-state index contributed by atoms with van der Waals surface area (Å²) in [5.74, 6) is 0.584. The molecular formula is C12H17NO2. The average Bonchev–Trinajstić information content (AvgIpc) is 2.65. The van der Waals surface area contributed by atoms with E-state index in [2.05, 4.69) is 4.90 Å². The third-order valence-electron chi connectivity index (χ3n) is 2.86. The van der Waals surface area contributed by atoms with E-state index in [1.165, 1.54) is 25.7 Å². The normalized spacial score (nSPS) is 18.7. The molecule has 1 aromatic heterocycles. The largest absolute Gasteiger partial charge is 0.461 e. The molecule has 2 heterocycles. The zero-order chi connectivity index (χ0) is 10.5. The van der Waals surface area contributed by atoms with Gasteiger partial charge in [0.05, 0.1) is 12.8 Å². The fourth-order valence-corrected chi connectivity index (χ4v) is 2.01. The van der Waals surface area contributed by atoms with E-state index >= 15 is 0 Å². The van der Waals surface area contributed by atoms with Crippen LogP contribution in [0.2, 0.25) is 0 Å².